The van der Waals surface area contributed by atoms with Gasteiger partial charge in [0, 0.05) is 6.54 Å². The van der Waals surface area contributed by atoms with Gasteiger partial charge in [-0.15, -0.1) is 0 Å². The SMILES string of the molecule is CNCC(O)c1ccco1. The molecule has 0 aromatic carbocycles. The standard InChI is InChI=1S/C7H11NO2/c1-8-5-6(9)7-3-2-4-10-7/h2-4,6,8-9H,5H2,1H3. The van der Waals surface area contributed by atoms with Crippen molar-refractivity contribution in [1.82, 2.24) is 5.32 Å². The Morgan fingerprint density at radius 2 is 2.60 bits per heavy atom. The lowest BCUT2D eigenvalue weighted by Gasteiger charge is -2.04. The number of rotatable bonds is 3. The third-order valence-electron chi connectivity index (χ3n) is 1.27. The van der Waals surface area contributed by atoms with Gasteiger partial charge in [-0.25, -0.2) is 0 Å². The molecule has 0 aliphatic carbocycles. The molecule has 1 unspecified atom stereocenters. The van der Waals surface area contributed by atoms with Crippen molar-refractivity contribution in [2.24, 2.45) is 0 Å². The van der Waals surface area contributed by atoms with E-state index >= 15 is 0 Å². The molecule has 1 aromatic heterocycles. The molecule has 0 amide bonds. The first-order chi connectivity index (χ1) is 4.84. The Hall–Kier alpha value is -0.800. The maximum absolute atomic E-state index is 9.25. The second-order valence-electron chi connectivity index (χ2n) is 2.09. The van der Waals surface area contributed by atoms with Crippen molar-refractivity contribution in [3.8, 4) is 0 Å². The van der Waals surface area contributed by atoms with E-state index in [1.54, 1.807) is 25.4 Å². The van der Waals surface area contributed by atoms with Crippen LogP contribution in [0, 0.1) is 0 Å². The van der Waals surface area contributed by atoms with Crippen molar-refractivity contribution in [2.45, 2.75) is 6.10 Å². The second kappa shape index (κ2) is 3.39. The summed E-state index contributed by atoms with van der Waals surface area (Å²) in [5.74, 6) is 0.606. The van der Waals surface area contributed by atoms with Crippen LogP contribution in [0.2, 0.25) is 0 Å². The highest BCUT2D eigenvalue weighted by atomic mass is 16.4. The van der Waals surface area contributed by atoms with Crippen LogP contribution in [0.4, 0.5) is 0 Å². The molecule has 0 fully saturated rings. The van der Waals surface area contributed by atoms with Crippen LogP contribution in [0.5, 0.6) is 0 Å². The molecule has 2 N–H and O–H groups in total. The second-order valence-corrected chi connectivity index (χ2v) is 2.09. The summed E-state index contributed by atoms with van der Waals surface area (Å²) in [7, 11) is 1.78. The van der Waals surface area contributed by atoms with E-state index in [9.17, 15) is 5.11 Å². The Labute approximate surface area is 59.7 Å². The molecule has 0 radical (unpaired) electrons. The highest BCUT2D eigenvalue weighted by Crippen LogP contribution is 2.10. The van der Waals surface area contributed by atoms with Gasteiger partial charge in [0.2, 0.25) is 0 Å². The van der Waals surface area contributed by atoms with Gasteiger partial charge in [0.15, 0.2) is 0 Å². The average Bonchev–Trinajstić information content (AvgIpc) is 2.38. The van der Waals surface area contributed by atoms with Crippen LogP contribution >= 0.6 is 0 Å². The third-order valence-corrected chi connectivity index (χ3v) is 1.27. The van der Waals surface area contributed by atoms with Gasteiger partial charge in [-0.05, 0) is 19.2 Å². The summed E-state index contributed by atoms with van der Waals surface area (Å²) in [6, 6.07) is 3.51. The van der Waals surface area contributed by atoms with Gasteiger partial charge in [0.25, 0.3) is 0 Å². The topological polar surface area (TPSA) is 45.4 Å². The highest BCUT2D eigenvalue weighted by Gasteiger charge is 2.07. The van der Waals surface area contributed by atoms with Crippen molar-refractivity contribution >= 4 is 0 Å². The summed E-state index contributed by atoms with van der Waals surface area (Å²) in [6.07, 6.45) is 1.02. The summed E-state index contributed by atoms with van der Waals surface area (Å²) in [6.45, 7) is 0.521. The zero-order valence-corrected chi connectivity index (χ0v) is 5.87. The van der Waals surface area contributed by atoms with E-state index in [-0.39, 0.29) is 0 Å². The molecule has 0 aliphatic rings. The highest BCUT2D eigenvalue weighted by molar-refractivity contribution is 5.01. The first-order valence-corrected chi connectivity index (χ1v) is 3.20. The number of hydrogen-bond donors (Lipinski definition) is 2. The minimum Gasteiger partial charge on any atom is -0.467 e. The predicted octanol–water partition coefficient (Wildman–Crippen LogP) is 0.532. The maximum atomic E-state index is 9.25. The molecule has 1 aromatic rings. The first-order valence-electron chi connectivity index (χ1n) is 3.20. The lowest BCUT2D eigenvalue weighted by atomic mass is 10.3. The van der Waals surface area contributed by atoms with Crippen LogP contribution in [0.15, 0.2) is 22.8 Å². The monoisotopic (exact) mass is 141 g/mol. The molecular formula is C7H11NO2. The van der Waals surface area contributed by atoms with Gasteiger partial charge in [0.05, 0.1) is 6.26 Å². The number of nitrogens with one attached hydrogen (secondary N) is 1. The van der Waals surface area contributed by atoms with Gasteiger partial charge in [-0.3, -0.25) is 0 Å². The Morgan fingerprint density at radius 3 is 3.10 bits per heavy atom. The van der Waals surface area contributed by atoms with Crippen LogP contribution in [-0.4, -0.2) is 18.7 Å². The van der Waals surface area contributed by atoms with Gasteiger partial charge in [-0.1, -0.05) is 0 Å². The summed E-state index contributed by atoms with van der Waals surface area (Å²) in [5, 5.41) is 12.1. The average molecular weight is 141 g/mol. The number of likely N-dealkylation sites (N-methyl/N-ethyl adjacent to an activating group) is 1. The van der Waals surface area contributed by atoms with Gasteiger partial charge in [0.1, 0.15) is 11.9 Å². The largest absolute Gasteiger partial charge is 0.467 e. The van der Waals surface area contributed by atoms with E-state index in [1.807, 2.05) is 0 Å². The fourth-order valence-corrected chi connectivity index (χ4v) is 0.775. The summed E-state index contributed by atoms with van der Waals surface area (Å²) >= 11 is 0. The fraction of sp³-hybridized carbons (Fsp3) is 0.429. The Kier molecular flexibility index (Phi) is 2.48. The third kappa shape index (κ3) is 1.59. The van der Waals surface area contributed by atoms with Crippen LogP contribution in [0.25, 0.3) is 0 Å². The molecule has 0 spiro atoms. The van der Waals surface area contributed by atoms with Crippen molar-refractivity contribution < 1.29 is 9.52 Å². The molecule has 0 aliphatic heterocycles. The van der Waals surface area contributed by atoms with E-state index < -0.39 is 6.10 Å². The fourth-order valence-electron chi connectivity index (χ4n) is 0.775. The summed E-state index contributed by atoms with van der Waals surface area (Å²) < 4.78 is 4.96. The molecule has 10 heavy (non-hydrogen) atoms. The van der Waals surface area contributed by atoms with E-state index in [4.69, 9.17) is 4.42 Å². The zero-order valence-electron chi connectivity index (χ0n) is 5.87. The lowest BCUT2D eigenvalue weighted by Crippen LogP contribution is -2.15. The minimum atomic E-state index is -0.528. The molecule has 1 atom stereocenters. The van der Waals surface area contributed by atoms with Gasteiger partial charge in [-0.2, -0.15) is 0 Å². The first kappa shape index (κ1) is 7.31. The molecule has 0 saturated heterocycles. The molecule has 1 heterocycles. The van der Waals surface area contributed by atoms with Crippen LogP contribution in [-0.2, 0) is 0 Å². The van der Waals surface area contributed by atoms with Crippen molar-refractivity contribution in [1.29, 1.82) is 0 Å². The van der Waals surface area contributed by atoms with Crippen molar-refractivity contribution in [3.05, 3.63) is 24.2 Å². The molecule has 56 valence electrons. The Bertz CT molecular complexity index is 172. The van der Waals surface area contributed by atoms with Crippen LogP contribution < -0.4 is 5.32 Å². The molecular weight excluding hydrogens is 130 g/mol. The van der Waals surface area contributed by atoms with Crippen LogP contribution in [0.1, 0.15) is 11.9 Å². The van der Waals surface area contributed by atoms with Gasteiger partial charge >= 0.3 is 0 Å². The Balaban J connectivity index is 2.50. The smallest absolute Gasteiger partial charge is 0.133 e. The van der Waals surface area contributed by atoms with Crippen molar-refractivity contribution in [3.63, 3.8) is 0 Å². The number of aliphatic hydroxyl groups excluding tert-OH is 1. The van der Waals surface area contributed by atoms with Crippen LogP contribution in [0.3, 0.4) is 0 Å². The van der Waals surface area contributed by atoms with Crippen molar-refractivity contribution in [2.75, 3.05) is 13.6 Å². The molecule has 3 heteroatoms. The Morgan fingerprint density at radius 1 is 1.80 bits per heavy atom. The number of hydrogen-bond acceptors (Lipinski definition) is 3. The lowest BCUT2D eigenvalue weighted by molar-refractivity contribution is 0.150. The maximum Gasteiger partial charge on any atom is 0.133 e. The molecule has 0 bridgehead atoms. The predicted molar refractivity (Wildman–Crippen MR) is 37.6 cm³/mol. The van der Waals surface area contributed by atoms with E-state index in [2.05, 4.69) is 5.32 Å². The summed E-state index contributed by atoms with van der Waals surface area (Å²) in [5.41, 5.74) is 0. The molecule has 0 saturated carbocycles. The van der Waals surface area contributed by atoms with E-state index in [0.29, 0.717) is 12.3 Å². The molecule has 3 nitrogen and oxygen atoms in total. The number of furan rings is 1. The van der Waals surface area contributed by atoms with Gasteiger partial charge < -0.3 is 14.8 Å². The normalized spacial score (nSPS) is 13.4. The van der Waals surface area contributed by atoms with E-state index in [1.165, 1.54) is 0 Å². The summed E-state index contributed by atoms with van der Waals surface area (Å²) in [4.78, 5) is 0. The number of aliphatic hydroxyl groups is 1. The van der Waals surface area contributed by atoms with E-state index in [0.717, 1.165) is 0 Å². The quantitative estimate of drug-likeness (QED) is 0.645. The zero-order chi connectivity index (χ0) is 7.40. The minimum absolute atomic E-state index is 0.521. The molecule has 1 rings (SSSR count).